The molecule has 1 aliphatic carbocycles. The molecule has 4 N–H and O–H groups in total. The van der Waals surface area contributed by atoms with Crippen LogP contribution in [0.1, 0.15) is 59.5 Å². The molecule has 1 aliphatic rings. The number of amides is 2. The summed E-state index contributed by atoms with van der Waals surface area (Å²) in [4.78, 5) is 48.7. The summed E-state index contributed by atoms with van der Waals surface area (Å²) >= 11 is 12.6. The molecule has 1 heterocycles. The highest BCUT2D eigenvalue weighted by Gasteiger charge is 2.33. The Balaban J connectivity index is 0.00000221. The van der Waals surface area contributed by atoms with E-state index in [9.17, 15) is 19.5 Å². The fourth-order valence-electron chi connectivity index (χ4n) is 5.44. The first kappa shape index (κ1) is 34.2. The number of urea groups is 1. The van der Waals surface area contributed by atoms with Crippen LogP contribution in [0.2, 0.25) is 10.0 Å². The van der Waals surface area contributed by atoms with Gasteiger partial charge in [0.1, 0.15) is 11.3 Å². The Bertz CT molecular complexity index is 2120. The number of anilines is 3. The first-order chi connectivity index (χ1) is 23.0. The minimum absolute atomic E-state index is 0.0505. The third-order valence-electron chi connectivity index (χ3n) is 7.39. The Morgan fingerprint density at radius 3 is 2.29 bits per heavy atom. The molecule has 0 bridgehead atoms. The van der Waals surface area contributed by atoms with Crippen molar-refractivity contribution < 1.29 is 24.2 Å². The maximum absolute atomic E-state index is 14.2. The molecule has 2 amide bonds. The summed E-state index contributed by atoms with van der Waals surface area (Å²) in [7, 11) is 1.52. The minimum Gasteiger partial charge on any atom is -0.489 e. The molecular formula is C36H33Cl2N5O5. The molecule has 0 spiro atoms. The molecule has 10 nitrogen and oxygen atoms in total. The molecule has 0 unspecified atom stereocenters. The number of rotatable bonds is 7. The molecule has 6 rings (SSSR count). The fraction of sp³-hybridized carbons (Fsp3) is 0.194. The summed E-state index contributed by atoms with van der Waals surface area (Å²) in [5, 5.41) is 19.1. The van der Waals surface area contributed by atoms with E-state index in [-0.39, 0.29) is 44.4 Å². The first-order valence-corrected chi connectivity index (χ1v) is 16.0. The molecule has 0 atom stereocenters. The van der Waals surface area contributed by atoms with E-state index in [0.29, 0.717) is 50.5 Å². The van der Waals surface area contributed by atoms with Gasteiger partial charge >= 0.3 is 12.0 Å². The molecule has 1 aromatic heterocycles. The van der Waals surface area contributed by atoms with Crippen molar-refractivity contribution in [1.29, 1.82) is 0 Å². The number of carboxylic acid groups (broad SMARTS) is 1. The third-order valence-corrected chi connectivity index (χ3v) is 7.91. The molecule has 0 radical (unpaired) electrons. The van der Waals surface area contributed by atoms with Gasteiger partial charge in [-0.25, -0.2) is 19.6 Å². The van der Waals surface area contributed by atoms with Crippen LogP contribution in [0, 0.1) is 6.92 Å². The maximum atomic E-state index is 14.2. The van der Waals surface area contributed by atoms with Crippen LogP contribution in [0.5, 0.6) is 5.75 Å². The SMILES string of the molecule is CC.CNC(=O)Nc1cc(C)ccc1-c1nc2c3c(c(Nc4c(Cl)cc(Cl)cc4C(=O)O)cc(OC(C)C)c3n1)C(=O)c1ccccc1-2. The number of nitrogens with one attached hydrogen (secondary N) is 3. The largest absolute Gasteiger partial charge is 0.489 e. The smallest absolute Gasteiger partial charge is 0.337 e. The Labute approximate surface area is 287 Å². The number of halogens is 2. The Kier molecular flexibility index (Phi) is 9.88. The molecule has 4 aromatic carbocycles. The number of fused-ring (bicyclic) bond motifs is 2. The molecular weight excluding hydrogens is 653 g/mol. The van der Waals surface area contributed by atoms with Crippen LogP contribution >= 0.6 is 23.2 Å². The van der Waals surface area contributed by atoms with Crippen molar-refractivity contribution in [1.82, 2.24) is 15.3 Å². The van der Waals surface area contributed by atoms with E-state index in [2.05, 4.69) is 16.0 Å². The lowest BCUT2D eigenvalue weighted by Crippen LogP contribution is -2.25. The summed E-state index contributed by atoms with van der Waals surface area (Å²) < 4.78 is 6.27. The molecule has 0 saturated heterocycles. The number of nitrogens with zero attached hydrogens (tertiary/aromatic N) is 2. The van der Waals surface area contributed by atoms with Crippen LogP contribution in [0.3, 0.4) is 0 Å². The number of aryl methyl sites for hydroxylation is 1. The summed E-state index contributed by atoms with van der Waals surface area (Å²) in [6.07, 6.45) is -0.298. The molecule has 48 heavy (non-hydrogen) atoms. The zero-order chi connectivity index (χ0) is 34.9. The Hall–Kier alpha value is -5.19. The van der Waals surface area contributed by atoms with Crippen molar-refractivity contribution in [2.45, 2.75) is 40.7 Å². The second-order valence-corrected chi connectivity index (χ2v) is 11.8. The quantitative estimate of drug-likeness (QED) is 0.130. The summed E-state index contributed by atoms with van der Waals surface area (Å²) in [5.74, 6) is -0.956. The monoisotopic (exact) mass is 685 g/mol. The van der Waals surface area contributed by atoms with E-state index in [0.717, 1.165) is 5.56 Å². The van der Waals surface area contributed by atoms with Crippen molar-refractivity contribution >= 4 is 69.0 Å². The Morgan fingerprint density at radius 1 is 0.917 bits per heavy atom. The lowest BCUT2D eigenvalue weighted by Gasteiger charge is -2.25. The van der Waals surface area contributed by atoms with Crippen LogP contribution in [0.15, 0.2) is 60.7 Å². The first-order valence-electron chi connectivity index (χ1n) is 15.3. The second-order valence-electron chi connectivity index (χ2n) is 11.0. The van der Waals surface area contributed by atoms with E-state index in [1.807, 2.05) is 65.0 Å². The van der Waals surface area contributed by atoms with Gasteiger partial charge in [-0.05, 0) is 50.6 Å². The average molecular weight is 687 g/mol. The van der Waals surface area contributed by atoms with E-state index >= 15 is 0 Å². The predicted molar refractivity (Wildman–Crippen MR) is 190 cm³/mol. The maximum Gasteiger partial charge on any atom is 0.337 e. The number of carbonyl (C=O) groups excluding carboxylic acids is 2. The third kappa shape index (κ3) is 6.36. The fourth-order valence-corrected chi connectivity index (χ4v) is 5.98. The molecule has 5 aromatic rings. The number of carboxylic acids is 1. The van der Waals surface area contributed by atoms with E-state index in [1.54, 1.807) is 18.2 Å². The predicted octanol–water partition coefficient (Wildman–Crippen LogP) is 9.13. The Morgan fingerprint density at radius 2 is 1.62 bits per heavy atom. The molecule has 0 saturated carbocycles. The van der Waals surface area contributed by atoms with Gasteiger partial charge in [0.2, 0.25) is 0 Å². The van der Waals surface area contributed by atoms with Gasteiger partial charge in [-0.3, -0.25) is 4.79 Å². The van der Waals surface area contributed by atoms with Crippen molar-refractivity contribution in [2.24, 2.45) is 0 Å². The summed E-state index contributed by atoms with van der Waals surface area (Å²) in [6, 6.07) is 16.5. The highest BCUT2D eigenvalue weighted by Crippen LogP contribution is 2.47. The molecule has 0 aliphatic heterocycles. The lowest BCUT2D eigenvalue weighted by atomic mass is 9.85. The number of benzene rings is 4. The highest BCUT2D eigenvalue weighted by atomic mass is 35.5. The van der Waals surface area contributed by atoms with Crippen LogP contribution in [0.4, 0.5) is 21.9 Å². The van der Waals surface area contributed by atoms with Crippen molar-refractivity contribution in [2.75, 3.05) is 17.7 Å². The zero-order valence-corrected chi connectivity index (χ0v) is 28.6. The number of hydrogen-bond acceptors (Lipinski definition) is 7. The average Bonchev–Trinajstić information content (AvgIpc) is 3.05. The zero-order valence-electron chi connectivity index (χ0n) is 27.1. The van der Waals surface area contributed by atoms with Crippen LogP contribution in [0.25, 0.3) is 33.5 Å². The number of ether oxygens (including phenoxy) is 1. The lowest BCUT2D eigenvalue weighted by molar-refractivity contribution is 0.0697. The highest BCUT2D eigenvalue weighted by molar-refractivity contribution is 6.38. The van der Waals surface area contributed by atoms with Gasteiger partial charge in [-0.15, -0.1) is 0 Å². The number of hydrogen-bond donors (Lipinski definition) is 4. The van der Waals surface area contributed by atoms with E-state index in [1.165, 1.54) is 19.2 Å². The van der Waals surface area contributed by atoms with Gasteiger partial charge < -0.3 is 25.8 Å². The van der Waals surface area contributed by atoms with Crippen LogP contribution < -0.4 is 20.7 Å². The molecule has 246 valence electrons. The van der Waals surface area contributed by atoms with Gasteiger partial charge in [-0.1, -0.05) is 67.4 Å². The van der Waals surface area contributed by atoms with Gasteiger partial charge in [0, 0.05) is 40.2 Å². The van der Waals surface area contributed by atoms with Gasteiger partial charge in [-0.2, -0.15) is 0 Å². The molecule has 0 fully saturated rings. The summed E-state index contributed by atoms with van der Waals surface area (Å²) in [6.45, 7) is 9.61. The minimum atomic E-state index is -1.26. The van der Waals surface area contributed by atoms with E-state index in [4.69, 9.17) is 37.9 Å². The van der Waals surface area contributed by atoms with E-state index < -0.39 is 12.0 Å². The van der Waals surface area contributed by atoms with Crippen molar-refractivity contribution in [3.8, 4) is 28.4 Å². The topological polar surface area (TPSA) is 143 Å². The normalized spacial score (nSPS) is 11.4. The number of carbonyl (C=O) groups is 3. The van der Waals surface area contributed by atoms with Gasteiger partial charge in [0.15, 0.2) is 11.6 Å². The van der Waals surface area contributed by atoms with Gasteiger partial charge in [0.05, 0.1) is 45.0 Å². The van der Waals surface area contributed by atoms with Crippen LogP contribution in [-0.4, -0.2) is 46.0 Å². The van der Waals surface area contributed by atoms with Crippen molar-refractivity contribution in [3.63, 3.8) is 0 Å². The second kappa shape index (κ2) is 13.9. The standard InChI is InChI=1S/C34H27Cl2N5O5.C2H6/c1-15(2)46-25-14-24(38-28-21(33(43)44)12-17(35)13-22(28)36)26-27-29(18-7-5-6-8-19(18)31(26)42)40-32(41-30(25)27)20-10-9-16(3)11-23(20)39-34(45)37-4;1-2/h5-15,38H,1-4H3,(H,43,44)(H2,37,39,45);1-2H3. The van der Waals surface area contributed by atoms with Crippen LogP contribution in [-0.2, 0) is 0 Å². The van der Waals surface area contributed by atoms with Crippen molar-refractivity contribution in [3.05, 3.63) is 93.0 Å². The summed E-state index contributed by atoms with van der Waals surface area (Å²) in [5.41, 5.74) is 4.14. The number of ketones is 1. The molecule has 12 heteroatoms. The number of aromatic carboxylic acids is 1. The number of aromatic nitrogens is 2. The van der Waals surface area contributed by atoms with Gasteiger partial charge in [0.25, 0.3) is 0 Å².